The summed E-state index contributed by atoms with van der Waals surface area (Å²) in [4.78, 5) is 16.4. The van der Waals surface area contributed by atoms with E-state index in [0.717, 1.165) is 6.07 Å². The molecule has 4 aromatic rings. The number of anilines is 1. The second-order valence-corrected chi connectivity index (χ2v) is 9.08. The molecular formula is C24H20ClF4N5O. The number of H-pyrrole nitrogens is 1. The number of aromatic amines is 1. The molecule has 0 radical (unpaired) electrons. The van der Waals surface area contributed by atoms with E-state index in [4.69, 9.17) is 11.6 Å². The molecule has 0 bridgehead atoms. The molecule has 3 N–H and O–H groups in total. The lowest BCUT2D eigenvalue weighted by Gasteiger charge is -2.31. The highest BCUT2D eigenvalue weighted by Crippen LogP contribution is 2.35. The van der Waals surface area contributed by atoms with Crippen LogP contribution in [-0.4, -0.2) is 33.2 Å². The molecule has 1 fully saturated rings. The summed E-state index contributed by atoms with van der Waals surface area (Å²) < 4.78 is 54.8. The number of benzene rings is 2. The van der Waals surface area contributed by atoms with Gasteiger partial charge in [0.2, 0.25) is 0 Å². The van der Waals surface area contributed by atoms with Crippen LogP contribution in [0.15, 0.2) is 42.6 Å². The number of hydrogen-bond acceptors (Lipinski definition) is 4. The smallest absolute Gasteiger partial charge is 0.382 e. The van der Waals surface area contributed by atoms with E-state index in [1.54, 1.807) is 12.1 Å². The van der Waals surface area contributed by atoms with Gasteiger partial charge in [-0.15, -0.1) is 0 Å². The largest absolute Gasteiger partial charge is 0.433 e. The minimum atomic E-state index is -4.58. The van der Waals surface area contributed by atoms with Gasteiger partial charge in [0.25, 0.3) is 5.91 Å². The summed E-state index contributed by atoms with van der Waals surface area (Å²) in [7, 11) is 0. The first-order valence-corrected chi connectivity index (χ1v) is 11.4. The zero-order valence-electron chi connectivity index (χ0n) is 18.2. The van der Waals surface area contributed by atoms with Crippen molar-refractivity contribution in [2.75, 3.05) is 5.32 Å². The summed E-state index contributed by atoms with van der Waals surface area (Å²) >= 11 is 6.07. The van der Waals surface area contributed by atoms with Gasteiger partial charge in [0, 0.05) is 28.2 Å². The number of pyridine rings is 1. The van der Waals surface area contributed by atoms with E-state index in [-0.39, 0.29) is 28.6 Å². The number of halogens is 5. The van der Waals surface area contributed by atoms with Crippen molar-refractivity contribution in [1.82, 2.24) is 20.5 Å². The van der Waals surface area contributed by atoms with E-state index in [0.29, 0.717) is 47.3 Å². The highest BCUT2D eigenvalue weighted by molar-refractivity contribution is 6.31. The molecule has 2 aromatic heterocycles. The number of aromatic nitrogens is 3. The van der Waals surface area contributed by atoms with Crippen molar-refractivity contribution in [2.24, 2.45) is 0 Å². The lowest BCUT2D eigenvalue weighted by Crippen LogP contribution is -2.40. The van der Waals surface area contributed by atoms with Gasteiger partial charge in [0.1, 0.15) is 11.5 Å². The van der Waals surface area contributed by atoms with Crippen molar-refractivity contribution in [3.63, 3.8) is 0 Å². The molecule has 0 spiro atoms. The van der Waals surface area contributed by atoms with Crippen LogP contribution in [0, 0.1) is 5.82 Å². The molecule has 35 heavy (non-hydrogen) atoms. The van der Waals surface area contributed by atoms with E-state index in [9.17, 15) is 22.4 Å². The van der Waals surface area contributed by atoms with Crippen LogP contribution < -0.4 is 10.6 Å². The Bertz CT molecular complexity index is 1410. The standard InChI is InChI=1S/C24H20ClF4N5O/c25-12-1-7-18-16(9-12)20(10-21(33-18)24(27,28)29)31-13-2-4-14(5-3-13)32-23(35)15-6-8-19-17(22(15)26)11-30-34-19/h1,6-11,13-14H,2-5H2,(H,30,34)(H,31,33)(H,32,35)/t13-,14+. The Labute approximate surface area is 202 Å². The third-order valence-electron chi connectivity index (χ3n) is 6.29. The van der Waals surface area contributed by atoms with E-state index < -0.39 is 23.6 Å². The zero-order valence-corrected chi connectivity index (χ0v) is 19.0. The average Bonchev–Trinajstić information content (AvgIpc) is 3.30. The number of amides is 1. The Balaban J connectivity index is 1.27. The number of nitrogens with one attached hydrogen (secondary N) is 3. The van der Waals surface area contributed by atoms with Crippen LogP contribution in [0.4, 0.5) is 23.2 Å². The molecule has 2 heterocycles. The summed E-state index contributed by atoms with van der Waals surface area (Å²) in [5, 5.41) is 13.7. The maximum absolute atomic E-state index is 14.7. The second-order valence-electron chi connectivity index (χ2n) is 8.64. The van der Waals surface area contributed by atoms with Gasteiger partial charge in [-0.25, -0.2) is 9.37 Å². The van der Waals surface area contributed by atoms with Crippen LogP contribution in [0.25, 0.3) is 21.8 Å². The fraction of sp³-hybridized carbons (Fsp3) is 0.292. The number of carbonyl (C=O) groups is 1. The topological polar surface area (TPSA) is 82.7 Å². The molecule has 0 atom stereocenters. The van der Waals surface area contributed by atoms with Gasteiger partial charge in [-0.05, 0) is 62.1 Å². The molecule has 1 aliphatic carbocycles. The van der Waals surface area contributed by atoms with Crippen LogP contribution in [0.2, 0.25) is 5.02 Å². The predicted octanol–water partition coefficient (Wildman–Crippen LogP) is 6.08. The number of rotatable bonds is 4. The number of fused-ring (bicyclic) bond motifs is 2. The van der Waals surface area contributed by atoms with E-state index >= 15 is 0 Å². The summed E-state index contributed by atoms with van der Waals surface area (Å²) in [6, 6.07) is 8.29. The van der Waals surface area contributed by atoms with Crippen molar-refractivity contribution < 1.29 is 22.4 Å². The van der Waals surface area contributed by atoms with Crippen molar-refractivity contribution in [1.29, 1.82) is 0 Å². The molecular weight excluding hydrogens is 486 g/mol. The monoisotopic (exact) mass is 505 g/mol. The fourth-order valence-electron chi connectivity index (χ4n) is 4.49. The maximum atomic E-state index is 14.7. The molecule has 5 rings (SSSR count). The molecule has 1 saturated carbocycles. The number of nitrogens with zero attached hydrogens (tertiary/aromatic N) is 2. The Morgan fingerprint density at radius 2 is 1.77 bits per heavy atom. The van der Waals surface area contributed by atoms with Crippen molar-refractivity contribution in [3.8, 4) is 0 Å². The Morgan fingerprint density at radius 1 is 1.03 bits per heavy atom. The molecule has 1 aliphatic rings. The fourth-order valence-corrected chi connectivity index (χ4v) is 4.66. The normalized spacial score (nSPS) is 18.7. The third-order valence-corrected chi connectivity index (χ3v) is 6.52. The lowest BCUT2D eigenvalue weighted by atomic mass is 9.90. The first kappa shape index (κ1) is 23.3. The molecule has 0 unspecified atom stereocenters. The molecule has 2 aromatic carbocycles. The van der Waals surface area contributed by atoms with Gasteiger partial charge in [0.15, 0.2) is 0 Å². The zero-order chi connectivity index (χ0) is 24.7. The van der Waals surface area contributed by atoms with E-state index in [1.165, 1.54) is 24.4 Å². The molecule has 182 valence electrons. The minimum Gasteiger partial charge on any atom is -0.382 e. The van der Waals surface area contributed by atoms with Crippen LogP contribution in [0.3, 0.4) is 0 Å². The van der Waals surface area contributed by atoms with Crippen molar-refractivity contribution in [2.45, 2.75) is 43.9 Å². The van der Waals surface area contributed by atoms with Gasteiger partial charge >= 0.3 is 6.18 Å². The number of hydrogen-bond donors (Lipinski definition) is 3. The first-order chi connectivity index (χ1) is 16.7. The predicted molar refractivity (Wildman–Crippen MR) is 125 cm³/mol. The summed E-state index contributed by atoms with van der Waals surface area (Å²) in [6.45, 7) is 0. The second kappa shape index (κ2) is 8.99. The Hall–Kier alpha value is -3.40. The maximum Gasteiger partial charge on any atom is 0.433 e. The summed E-state index contributed by atoms with van der Waals surface area (Å²) in [5.41, 5.74) is -0.0207. The molecule has 0 aliphatic heterocycles. The Morgan fingerprint density at radius 3 is 2.51 bits per heavy atom. The highest BCUT2D eigenvalue weighted by atomic mass is 35.5. The summed E-state index contributed by atoms with van der Waals surface area (Å²) in [6.07, 6.45) is -0.844. The van der Waals surface area contributed by atoms with Crippen LogP contribution >= 0.6 is 11.6 Å². The first-order valence-electron chi connectivity index (χ1n) is 11.1. The molecule has 6 nitrogen and oxygen atoms in total. The highest BCUT2D eigenvalue weighted by Gasteiger charge is 2.34. The van der Waals surface area contributed by atoms with Crippen molar-refractivity contribution in [3.05, 3.63) is 64.7 Å². The molecule has 1 amide bonds. The molecule has 11 heteroatoms. The van der Waals surface area contributed by atoms with E-state index in [1.807, 2.05) is 0 Å². The number of carbonyl (C=O) groups excluding carboxylic acids is 1. The van der Waals surface area contributed by atoms with Gasteiger partial charge in [-0.2, -0.15) is 18.3 Å². The quantitative estimate of drug-likeness (QED) is 0.294. The van der Waals surface area contributed by atoms with Crippen LogP contribution in [-0.2, 0) is 6.18 Å². The van der Waals surface area contributed by atoms with Crippen molar-refractivity contribution >= 4 is 45.0 Å². The minimum absolute atomic E-state index is 0.0565. The third kappa shape index (κ3) is 4.75. The Kier molecular flexibility index (Phi) is 6.00. The number of alkyl halides is 3. The van der Waals surface area contributed by atoms with E-state index in [2.05, 4.69) is 25.8 Å². The van der Waals surface area contributed by atoms with Gasteiger partial charge < -0.3 is 10.6 Å². The summed E-state index contributed by atoms with van der Waals surface area (Å²) in [5.74, 6) is -1.14. The average molecular weight is 506 g/mol. The van der Waals surface area contributed by atoms with Crippen LogP contribution in [0.1, 0.15) is 41.7 Å². The lowest BCUT2D eigenvalue weighted by molar-refractivity contribution is -0.140. The van der Waals surface area contributed by atoms with Crippen LogP contribution in [0.5, 0.6) is 0 Å². The molecule has 0 saturated heterocycles. The van der Waals surface area contributed by atoms with Gasteiger partial charge in [-0.1, -0.05) is 11.6 Å². The van der Waals surface area contributed by atoms with Gasteiger partial charge in [-0.3, -0.25) is 9.89 Å². The van der Waals surface area contributed by atoms with Gasteiger partial charge in [0.05, 0.1) is 28.2 Å². The SMILES string of the molecule is O=C(N[C@H]1CC[C@@H](Nc2cc(C(F)(F)F)nc3ccc(Cl)cc23)CC1)c1ccc2[nH]ncc2c1F.